The Hall–Kier alpha value is -1.26. The highest BCUT2D eigenvalue weighted by molar-refractivity contribution is 9.10. The van der Waals surface area contributed by atoms with E-state index in [1.54, 1.807) is 0 Å². The number of rotatable bonds is 0. The number of fused-ring (bicyclic) bond motifs is 3. The minimum atomic E-state index is 0.730. The number of hydrogen-bond donors (Lipinski definition) is 2. The highest BCUT2D eigenvalue weighted by atomic mass is 79.9. The molecule has 4 N–H and O–H groups in total. The topological polar surface area (TPSA) is 52.0 Å². The van der Waals surface area contributed by atoms with Gasteiger partial charge in [0, 0.05) is 31.1 Å². The Labute approximate surface area is 121 Å². The first-order chi connectivity index (χ1) is 8.56. The second kappa shape index (κ2) is 4.14. The summed E-state index contributed by atoms with van der Waals surface area (Å²) >= 11 is 6.98. The Balaban J connectivity index is 2.62. The third-order valence-electron chi connectivity index (χ3n) is 3.06. The van der Waals surface area contributed by atoms with Gasteiger partial charge in [0.15, 0.2) is 0 Å². The summed E-state index contributed by atoms with van der Waals surface area (Å²) in [6, 6.07) is 12.0. The lowest BCUT2D eigenvalue weighted by molar-refractivity contribution is 1.68. The highest BCUT2D eigenvalue weighted by Gasteiger charge is 2.08. The van der Waals surface area contributed by atoms with Crippen molar-refractivity contribution in [2.24, 2.45) is 0 Å². The van der Waals surface area contributed by atoms with E-state index in [-0.39, 0.29) is 0 Å². The summed E-state index contributed by atoms with van der Waals surface area (Å²) < 4.78 is 2.00. The number of benzene rings is 3. The zero-order valence-electron chi connectivity index (χ0n) is 9.37. The van der Waals surface area contributed by atoms with Gasteiger partial charge in [0.2, 0.25) is 0 Å². The van der Waals surface area contributed by atoms with Gasteiger partial charge in [0.05, 0.1) is 0 Å². The Kier molecular flexibility index (Phi) is 2.72. The molecule has 0 aliphatic rings. The Morgan fingerprint density at radius 1 is 0.611 bits per heavy atom. The summed E-state index contributed by atoms with van der Waals surface area (Å²) in [6.45, 7) is 0. The van der Waals surface area contributed by atoms with Crippen molar-refractivity contribution in [1.82, 2.24) is 0 Å². The van der Waals surface area contributed by atoms with Gasteiger partial charge in [-0.25, -0.2) is 0 Å². The fourth-order valence-corrected chi connectivity index (χ4v) is 3.08. The Morgan fingerprint density at radius 2 is 1.22 bits per heavy atom. The van der Waals surface area contributed by atoms with Gasteiger partial charge < -0.3 is 11.5 Å². The van der Waals surface area contributed by atoms with Crippen molar-refractivity contribution >= 4 is 64.8 Å². The van der Waals surface area contributed by atoms with Crippen LogP contribution in [0.4, 0.5) is 11.4 Å². The minimum absolute atomic E-state index is 0.730. The van der Waals surface area contributed by atoms with Crippen LogP contribution in [0, 0.1) is 0 Å². The highest BCUT2D eigenvalue weighted by Crippen LogP contribution is 2.36. The molecule has 0 heterocycles. The van der Waals surface area contributed by atoms with Crippen LogP contribution in [0.25, 0.3) is 21.5 Å². The number of anilines is 2. The molecule has 3 aromatic rings. The number of nitrogens with two attached hydrogens (primary N) is 2. The summed E-state index contributed by atoms with van der Waals surface area (Å²) in [7, 11) is 0. The van der Waals surface area contributed by atoms with Crippen molar-refractivity contribution in [2.75, 3.05) is 11.5 Å². The molecular weight excluding hydrogens is 356 g/mol. The van der Waals surface area contributed by atoms with Gasteiger partial charge in [-0.2, -0.15) is 0 Å². The molecule has 0 radical (unpaired) electrons. The predicted molar refractivity (Wildman–Crippen MR) is 85.7 cm³/mol. The fourth-order valence-electron chi connectivity index (χ4n) is 2.25. The lowest BCUT2D eigenvalue weighted by atomic mass is 9.99. The smallest absolute Gasteiger partial charge is 0.0406 e. The molecule has 4 heteroatoms. The SMILES string of the molecule is Nc1cc2c(N)cc(Br)cc2c2cc(Br)ccc12. The Bertz CT molecular complexity index is 776. The lowest BCUT2D eigenvalue weighted by Gasteiger charge is -2.10. The standard InChI is InChI=1S/C14H10Br2N2/c15-7-1-2-9-10(3-7)11-4-8(16)5-13(17)12(11)6-14(9)18/h1-6H,17-18H2. The van der Waals surface area contributed by atoms with Gasteiger partial charge in [0.1, 0.15) is 0 Å². The van der Waals surface area contributed by atoms with Gasteiger partial charge in [-0.3, -0.25) is 0 Å². The third kappa shape index (κ3) is 1.76. The van der Waals surface area contributed by atoms with E-state index in [0.29, 0.717) is 0 Å². The van der Waals surface area contributed by atoms with Crippen LogP contribution < -0.4 is 11.5 Å². The van der Waals surface area contributed by atoms with Crippen molar-refractivity contribution in [3.63, 3.8) is 0 Å². The number of halogens is 2. The first-order valence-electron chi connectivity index (χ1n) is 5.43. The van der Waals surface area contributed by atoms with Crippen LogP contribution in [0.1, 0.15) is 0 Å². The van der Waals surface area contributed by atoms with Gasteiger partial charge in [-0.05, 0) is 41.1 Å². The summed E-state index contributed by atoms with van der Waals surface area (Å²) in [5.74, 6) is 0. The molecule has 0 bridgehead atoms. The van der Waals surface area contributed by atoms with Gasteiger partial charge in [-0.15, -0.1) is 0 Å². The van der Waals surface area contributed by atoms with Crippen LogP contribution in [0.15, 0.2) is 45.3 Å². The van der Waals surface area contributed by atoms with Crippen LogP contribution in [0.3, 0.4) is 0 Å². The number of nitrogen functional groups attached to an aromatic ring is 2. The zero-order chi connectivity index (χ0) is 12.9. The quantitative estimate of drug-likeness (QED) is 0.448. The largest absolute Gasteiger partial charge is 0.398 e. The van der Waals surface area contributed by atoms with E-state index in [4.69, 9.17) is 11.5 Å². The summed E-state index contributed by atoms with van der Waals surface area (Å²) in [5, 5.41) is 4.24. The molecule has 0 aromatic heterocycles. The van der Waals surface area contributed by atoms with E-state index in [0.717, 1.165) is 41.9 Å². The molecule has 0 amide bonds. The third-order valence-corrected chi connectivity index (χ3v) is 4.01. The summed E-state index contributed by atoms with van der Waals surface area (Å²) in [5.41, 5.74) is 13.6. The van der Waals surface area contributed by atoms with Crippen molar-refractivity contribution in [3.8, 4) is 0 Å². The zero-order valence-corrected chi connectivity index (χ0v) is 12.5. The molecule has 0 saturated carbocycles. The molecular formula is C14H10Br2N2. The molecule has 3 rings (SSSR count). The number of hydrogen-bond acceptors (Lipinski definition) is 2. The van der Waals surface area contributed by atoms with Gasteiger partial charge in [-0.1, -0.05) is 37.9 Å². The molecule has 0 spiro atoms. The molecule has 0 saturated heterocycles. The van der Waals surface area contributed by atoms with Crippen molar-refractivity contribution < 1.29 is 0 Å². The maximum atomic E-state index is 6.10. The lowest BCUT2D eigenvalue weighted by Crippen LogP contribution is -1.92. The second-order valence-corrected chi connectivity index (χ2v) is 6.08. The average molecular weight is 366 g/mol. The summed E-state index contributed by atoms with van der Waals surface area (Å²) in [4.78, 5) is 0. The first kappa shape index (κ1) is 11.8. The van der Waals surface area contributed by atoms with Gasteiger partial charge >= 0.3 is 0 Å². The molecule has 0 fully saturated rings. The van der Waals surface area contributed by atoms with Crippen LogP contribution in [0.5, 0.6) is 0 Å². The molecule has 0 aliphatic heterocycles. The van der Waals surface area contributed by atoms with Crippen molar-refractivity contribution in [3.05, 3.63) is 45.3 Å². The van der Waals surface area contributed by atoms with E-state index >= 15 is 0 Å². The average Bonchev–Trinajstić information content (AvgIpc) is 2.31. The van der Waals surface area contributed by atoms with Crippen molar-refractivity contribution in [1.29, 1.82) is 0 Å². The summed E-state index contributed by atoms with van der Waals surface area (Å²) in [6.07, 6.45) is 0. The molecule has 0 unspecified atom stereocenters. The minimum Gasteiger partial charge on any atom is -0.398 e. The second-order valence-electron chi connectivity index (χ2n) is 4.25. The van der Waals surface area contributed by atoms with Crippen molar-refractivity contribution in [2.45, 2.75) is 0 Å². The van der Waals surface area contributed by atoms with Crippen LogP contribution in [-0.2, 0) is 0 Å². The predicted octanol–water partition coefficient (Wildman–Crippen LogP) is 4.68. The maximum Gasteiger partial charge on any atom is 0.0406 e. The van der Waals surface area contributed by atoms with Crippen LogP contribution >= 0.6 is 31.9 Å². The van der Waals surface area contributed by atoms with Crippen LogP contribution in [-0.4, -0.2) is 0 Å². The molecule has 0 atom stereocenters. The van der Waals surface area contributed by atoms with E-state index in [1.165, 1.54) is 0 Å². The van der Waals surface area contributed by atoms with Crippen LogP contribution in [0.2, 0.25) is 0 Å². The maximum absolute atomic E-state index is 6.10. The van der Waals surface area contributed by atoms with E-state index in [9.17, 15) is 0 Å². The molecule has 0 aliphatic carbocycles. The first-order valence-corrected chi connectivity index (χ1v) is 7.01. The molecule has 90 valence electrons. The van der Waals surface area contributed by atoms with E-state index < -0.39 is 0 Å². The molecule has 3 aromatic carbocycles. The normalized spacial score (nSPS) is 11.2. The molecule has 18 heavy (non-hydrogen) atoms. The molecule has 2 nitrogen and oxygen atoms in total. The van der Waals surface area contributed by atoms with E-state index in [2.05, 4.69) is 44.0 Å². The monoisotopic (exact) mass is 364 g/mol. The van der Waals surface area contributed by atoms with Gasteiger partial charge in [0.25, 0.3) is 0 Å². The Morgan fingerprint density at radius 3 is 2.00 bits per heavy atom. The van der Waals surface area contributed by atoms with E-state index in [1.807, 2.05) is 24.3 Å². The fraction of sp³-hybridized carbons (Fsp3) is 0.